The number of hydrogen-bond acceptors (Lipinski definition) is 5. The molecule has 152 valence electrons. The first-order valence-corrected chi connectivity index (χ1v) is 11.4. The molecule has 2 N–H and O–H groups in total. The maximum Gasteiger partial charge on any atom is 0.126 e. The molecule has 0 unspecified atom stereocenters. The molecule has 6 nitrogen and oxygen atoms in total. The fraction of sp³-hybridized carbons (Fsp3) is 0.652. The molecule has 0 radical (unpaired) electrons. The summed E-state index contributed by atoms with van der Waals surface area (Å²) in [5.41, 5.74) is 11.1. The van der Waals surface area contributed by atoms with E-state index in [0.29, 0.717) is 23.7 Å². The number of rotatable bonds is 6. The average molecular weight is 392 g/mol. The number of ether oxygens (including phenoxy) is 1. The van der Waals surface area contributed by atoms with Crippen molar-refractivity contribution in [3.8, 4) is 11.3 Å². The van der Waals surface area contributed by atoms with Crippen LogP contribution in [0.2, 0.25) is 0 Å². The Morgan fingerprint density at radius 1 is 1.07 bits per heavy atom. The molecule has 0 spiro atoms. The summed E-state index contributed by atoms with van der Waals surface area (Å²) >= 11 is 0. The van der Waals surface area contributed by atoms with Gasteiger partial charge in [0, 0.05) is 43.0 Å². The van der Waals surface area contributed by atoms with Gasteiger partial charge in [0.1, 0.15) is 5.82 Å². The minimum Gasteiger partial charge on any atom is -0.383 e. The molecule has 6 heteroatoms. The van der Waals surface area contributed by atoms with Crippen molar-refractivity contribution in [2.24, 2.45) is 17.8 Å². The highest BCUT2D eigenvalue weighted by Gasteiger charge is 2.58. The molecule has 29 heavy (non-hydrogen) atoms. The summed E-state index contributed by atoms with van der Waals surface area (Å²) < 4.78 is 7.75. The summed E-state index contributed by atoms with van der Waals surface area (Å²) in [4.78, 5) is 7.16. The number of hydrogen-bond donors (Lipinski definition) is 1. The van der Waals surface area contributed by atoms with Gasteiger partial charge in [0.25, 0.3) is 0 Å². The summed E-state index contributed by atoms with van der Waals surface area (Å²) in [5, 5.41) is 5.08. The number of piperidine rings is 1. The molecular weight excluding hydrogens is 362 g/mol. The summed E-state index contributed by atoms with van der Waals surface area (Å²) in [6.45, 7) is 5.43. The van der Waals surface area contributed by atoms with E-state index in [9.17, 15) is 0 Å². The van der Waals surface area contributed by atoms with Gasteiger partial charge in [0.2, 0.25) is 0 Å². The lowest BCUT2D eigenvalue weighted by Crippen LogP contribution is -2.48. The summed E-state index contributed by atoms with van der Waals surface area (Å²) in [7, 11) is 0. The lowest BCUT2D eigenvalue weighted by molar-refractivity contribution is -0.0610. The van der Waals surface area contributed by atoms with Gasteiger partial charge in [-0.15, -0.1) is 0 Å². The molecule has 3 atom stereocenters. The highest BCUT2D eigenvalue weighted by molar-refractivity contribution is 5.63. The fourth-order valence-corrected chi connectivity index (χ4v) is 5.62. The van der Waals surface area contributed by atoms with E-state index in [1.165, 1.54) is 50.0 Å². The van der Waals surface area contributed by atoms with Crippen molar-refractivity contribution < 1.29 is 4.74 Å². The van der Waals surface area contributed by atoms with Gasteiger partial charge >= 0.3 is 0 Å². The van der Waals surface area contributed by atoms with Gasteiger partial charge in [-0.3, -0.25) is 9.58 Å². The third-order valence-corrected chi connectivity index (χ3v) is 7.90. The van der Waals surface area contributed by atoms with Gasteiger partial charge in [-0.25, -0.2) is 4.98 Å². The molecule has 2 aromatic heterocycles. The molecule has 3 aliphatic carbocycles. The molecule has 2 aromatic rings. The largest absolute Gasteiger partial charge is 0.383 e. The van der Waals surface area contributed by atoms with Crippen molar-refractivity contribution in [1.82, 2.24) is 19.7 Å². The van der Waals surface area contributed by atoms with E-state index in [4.69, 9.17) is 15.6 Å². The fourth-order valence-electron chi connectivity index (χ4n) is 5.62. The highest BCUT2D eigenvalue weighted by atomic mass is 16.5. The number of pyridine rings is 1. The molecule has 5 fully saturated rings. The third-order valence-electron chi connectivity index (χ3n) is 7.90. The number of nitrogen functional groups attached to an aromatic ring is 1. The molecule has 0 aromatic carbocycles. The Balaban J connectivity index is 1.18. The minimum absolute atomic E-state index is 0.611. The predicted molar refractivity (Wildman–Crippen MR) is 110 cm³/mol. The van der Waals surface area contributed by atoms with Crippen LogP contribution in [0.15, 0.2) is 18.3 Å². The van der Waals surface area contributed by atoms with Crippen molar-refractivity contribution in [3.63, 3.8) is 0 Å². The predicted octanol–water partition coefficient (Wildman–Crippen LogP) is 2.86. The first-order valence-electron chi connectivity index (χ1n) is 11.4. The Bertz CT molecular complexity index is 946. The number of nitrogens with zero attached hydrogens (tertiary/aromatic N) is 4. The van der Waals surface area contributed by atoms with Crippen molar-refractivity contribution in [2.45, 2.75) is 50.1 Å². The van der Waals surface area contributed by atoms with E-state index in [1.807, 2.05) is 6.20 Å². The van der Waals surface area contributed by atoms with E-state index in [2.05, 4.69) is 26.7 Å². The van der Waals surface area contributed by atoms with Crippen LogP contribution >= 0.6 is 0 Å². The van der Waals surface area contributed by atoms with Crippen LogP contribution < -0.4 is 5.73 Å². The molecular formula is C23H29N5O. The second-order valence-corrected chi connectivity index (χ2v) is 10.1. The van der Waals surface area contributed by atoms with Crippen LogP contribution in [0, 0.1) is 17.8 Å². The lowest BCUT2D eigenvalue weighted by atomic mass is 10.1. The van der Waals surface area contributed by atoms with E-state index in [-0.39, 0.29) is 0 Å². The normalized spacial score (nSPS) is 31.7. The van der Waals surface area contributed by atoms with Crippen LogP contribution in [0.3, 0.4) is 0 Å². The second-order valence-electron chi connectivity index (χ2n) is 10.1. The Kier molecular flexibility index (Phi) is 3.51. The van der Waals surface area contributed by atoms with Crippen molar-refractivity contribution in [1.29, 1.82) is 0 Å². The van der Waals surface area contributed by atoms with Crippen LogP contribution in [0.25, 0.3) is 11.3 Å². The van der Waals surface area contributed by atoms with E-state index >= 15 is 0 Å². The molecule has 2 aliphatic heterocycles. The molecule has 0 bridgehead atoms. The Labute approximate surface area is 171 Å². The molecule has 5 aliphatic rings. The highest BCUT2D eigenvalue weighted by Crippen LogP contribution is 2.59. The number of likely N-dealkylation sites (tertiary alicyclic amines) is 1. The van der Waals surface area contributed by atoms with Crippen LogP contribution in [0.4, 0.5) is 5.82 Å². The van der Waals surface area contributed by atoms with Crippen LogP contribution in [-0.2, 0) is 11.3 Å². The maximum absolute atomic E-state index is 6.14. The smallest absolute Gasteiger partial charge is 0.126 e. The third kappa shape index (κ3) is 2.83. The maximum atomic E-state index is 6.14. The van der Waals surface area contributed by atoms with E-state index in [0.717, 1.165) is 48.8 Å². The zero-order chi connectivity index (χ0) is 19.1. The van der Waals surface area contributed by atoms with Crippen molar-refractivity contribution >= 4 is 5.82 Å². The topological polar surface area (TPSA) is 69.2 Å². The SMILES string of the molecule is Nc1ncc(-c2cc([C@@H]3[C@@H]4CN(C5COC5)C[C@@H]43)n(CC3CC3)n2)cc1C1CC1. The summed E-state index contributed by atoms with van der Waals surface area (Å²) in [6.07, 6.45) is 7.12. The number of nitrogens with two attached hydrogens (primary N) is 1. The molecule has 2 saturated heterocycles. The lowest BCUT2D eigenvalue weighted by Gasteiger charge is -2.35. The molecule has 7 rings (SSSR count). The summed E-state index contributed by atoms with van der Waals surface area (Å²) in [6, 6.07) is 5.29. The summed E-state index contributed by atoms with van der Waals surface area (Å²) in [5.74, 6) is 4.45. The van der Waals surface area contributed by atoms with Crippen molar-refractivity contribution in [3.05, 3.63) is 29.6 Å². The van der Waals surface area contributed by atoms with Gasteiger partial charge < -0.3 is 10.5 Å². The van der Waals surface area contributed by atoms with Gasteiger partial charge in [-0.1, -0.05) is 0 Å². The first kappa shape index (κ1) is 16.8. The zero-order valence-corrected chi connectivity index (χ0v) is 16.8. The van der Waals surface area contributed by atoms with E-state index < -0.39 is 0 Å². The second kappa shape index (κ2) is 6.05. The van der Waals surface area contributed by atoms with Gasteiger partial charge in [-0.2, -0.15) is 5.10 Å². The molecule has 3 saturated carbocycles. The van der Waals surface area contributed by atoms with Crippen LogP contribution in [0.5, 0.6) is 0 Å². The standard InChI is InChI=1S/C23H29N5O/c24-23-17(14-3-4-14)5-15(7-25-23)20-6-21(28(26-20)8-13-1-2-13)22-18-9-27(10-19(18)22)16-11-29-12-16/h5-7,13-14,16,18-19,22H,1-4,8-12H2,(H2,24,25)/t18-,19+,22-. The first-order chi connectivity index (χ1) is 14.2. The van der Waals surface area contributed by atoms with Gasteiger partial charge in [-0.05, 0) is 67.1 Å². The number of anilines is 1. The van der Waals surface area contributed by atoms with Gasteiger partial charge in [0.05, 0.1) is 24.9 Å². The molecule has 4 heterocycles. The average Bonchev–Trinajstić information content (AvgIpc) is 3.61. The zero-order valence-electron chi connectivity index (χ0n) is 16.8. The van der Waals surface area contributed by atoms with Crippen molar-refractivity contribution in [2.75, 3.05) is 32.0 Å². The Morgan fingerprint density at radius 2 is 1.86 bits per heavy atom. The Hall–Kier alpha value is -1.92. The minimum atomic E-state index is 0.611. The van der Waals surface area contributed by atoms with Gasteiger partial charge in [0.15, 0.2) is 0 Å². The Morgan fingerprint density at radius 3 is 2.52 bits per heavy atom. The molecule has 0 amide bonds. The monoisotopic (exact) mass is 391 g/mol. The van der Waals surface area contributed by atoms with E-state index in [1.54, 1.807) is 0 Å². The van der Waals surface area contributed by atoms with Crippen LogP contribution in [0.1, 0.15) is 48.8 Å². The number of fused-ring (bicyclic) bond motifs is 1. The quantitative estimate of drug-likeness (QED) is 0.820. The number of aromatic nitrogens is 3. The van der Waals surface area contributed by atoms with Crippen LogP contribution in [-0.4, -0.2) is 52.0 Å².